The van der Waals surface area contributed by atoms with Crippen LogP contribution >= 0.6 is 0 Å². The van der Waals surface area contributed by atoms with Crippen molar-refractivity contribution in [2.75, 3.05) is 12.3 Å². The number of hydrogen-bond donors (Lipinski definition) is 1. The molecule has 0 spiro atoms. The summed E-state index contributed by atoms with van der Waals surface area (Å²) in [5.74, 6) is -0.316. The van der Waals surface area contributed by atoms with Gasteiger partial charge in [0.05, 0.1) is 6.07 Å². The molecule has 0 aromatic heterocycles. The molecular formula is C13H18FN3. The average Bonchev–Trinajstić information content (AvgIpc) is 2.22. The fraction of sp³-hybridized carbons (Fsp3) is 0.462. The van der Waals surface area contributed by atoms with E-state index in [-0.39, 0.29) is 5.82 Å². The molecule has 1 aromatic carbocycles. The summed E-state index contributed by atoms with van der Waals surface area (Å²) in [6.45, 7) is 5.41. The smallest absolute Gasteiger partial charge is 0.125 e. The van der Waals surface area contributed by atoms with Crippen molar-refractivity contribution in [1.29, 1.82) is 5.26 Å². The van der Waals surface area contributed by atoms with Crippen LogP contribution in [0.25, 0.3) is 0 Å². The molecule has 2 N–H and O–H groups in total. The van der Waals surface area contributed by atoms with Gasteiger partial charge in [0.2, 0.25) is 0 Å². The van der Waals surface area contributed by atoms with Crippen LogP contribution < -0.4 is 5.73 Å². The van der Waals surface area contributed by atoms with Gasteiger partial charge in [0.15, 0.2) is 0 Å². The van der Waals surface area contributed by atoms with Gasteiger partial charge in [-0.3, -0.25) is 4.90 Å². The molecule has 0 radical (unpaired) electrons. The summed E-state index contributed by atoms with van der Waals surface area (Å²) in [6.07, 6.45) is 0.475. The van der Waals surface area contributed by atoms with Gasteiger partial charge in [-0.2, -0.15) is 5.26 Å². The zero-order valence-corrected chi connectivity index (χ0v) is 10.3. The molecule has 0 bridgehead atoms. The Morgan fingerprint density at radius 2 is 2.12 bits per heavy atom. The van der Waals surface area contributed by atoms with Gasteiger partial charge < -0.3 is 5.73 Å². The van der Waals surface area contributed by atoms with Gasteiger partial charge in [-0.05, 0) is 37.6 Å². The number of nitrogen functional groups attached to an aromatic ring is 1. The summed E-state index contributed by atoms with van der Waals surface area (Å²) in [4.78, 5) is 2.12. The van der Waals surface area contributed by atoms with Gasteiger partial charge >= 0.3 is 0 Å². The van der Waals surface area contributed by atoms with Crippen molar-refractivity contribution in [1.82, 2.24) is 4.90 Å². The molecule has 3 nitrogen and oxygen atoms in total. The van der Waals surface area contributed by atoms with Crippen molar-refractivity contribution < 1.29 is 4.39 Å². The van der Waals surface area contributed by atoms with Crippen molar-refractivity contribution in [2.45, 2.75) is 32.9 Å². The minimum atomic E-state index is -0.316. The summed E-state index contributed by atoms with van der Waals surface area (Å²) in [5.41, 5.74) is 6.88. The summed E-state index contributed by atoms with van der Waals surface area (Å²) >= 11 is 0. The summed E-state index contributed by atoms with van der Waals surface area (Å²) < 4.78 is 13.2. The second-order valence-electron chi connectivity index (χ2n) is 4.37. The third-order valence-electron chi connectivity index (χ3n) is 2.61. The van der Waals surface area contributed by atoms with Crippen LogP contribution in [0, 0.1) is 17.1 Å². The lowest BCUT2D eigenvalue weighted by molar-refractivity contribution is 0.217. The van der Waals surface area contributed by atoms with Crippen LogP contribution in [0.4, 0.5) is 10.1 Å². The lowest BCUT2D eigenvalue weighted by Crippen LogP contribution is -2.31. The minimum Gasteiger partial charge on any atom is -0.399 e. The fourth-order valence-electron chi connectivity index (χ4n) is 1.71. The Morgan fingerprint density at radius 1 is 1.41 bits per heavy atom. The number of nitrogens with zero attached hydrogens (tertiary/aromatic N) is 2. The van der Waals surface area contributed by atoms with E-state index >= 15 is 0 Å². The number of halogens is 1. The number of hydrogen-bond acceptors (Lipinski definition) is 3. The molecular weight excluding hydrogens is 217 g/mol. The molecule has 0 fully saturated rings. The third-order valence-corrected chi connectivity index (χ3v) is 2.61. The number of nitriles is 1. The van der Waals surface area contributed by atoms with Crippen LogP contribution in [0.2, 0.25) is 0 Å². The molecule has 0 saturated carbocycles. The number of benzene rings is 1. The first kappa shape index (κ1) is 13.5. The maximum atomic E-state index is 13.2. The van der Waals surface area contributed by atoms with Crippen LogP contribution in [0.1, 0.15) is 25.8 Å². The van der Waals surface area contributed by atoms with Crippen molar-refractivity contribution in [2.24, 2.45) is 0 Å². The van der Waals surface area contributed by atoms with Gasteiger partial charge in [-0.15, -0.1) is 0 Å². The van der Waals surface area contributed by atoms with E-state index in [4.69, 9.17) is 11.0 Å². The van der Waals surface area contributed by atoms with Gasteiger partial charge in [-0.1, -0.05) is 0 Å². The molecule has 0 heterocycles. The highest BCUT2D eigenvalue weighted by molar-refractivity contribution is 5.41. The summed E-state index contributed by atoms with van der Waals surface area (Å²) in [5, 5.41) is 8.59. The normalized spacial score (nSPS) is 10.8. The molecule has 0 amide bonds. The van der Waals surface area contributed by atoms with Crippen LogP contribution in [0.5, 0.6) is 0 Å². The van der Waals surface area contributed by atoms with Gasteiger partial charge in [0, 0.05) is 31.2 Å². The van der Waals surface area contributed by atoms with Crippen molar-refractivity contribution in [3.8, 4) is 6.07 Å². The molecule has 0 atom stereocenters. The fourth-order valence-corrected chi connectivity index (χ4v) is 1.71. The lowest BCUT2D eigenvalue weighted by atomic mass is 10.1. The Labute approximate surface area is 102 Å². The zero-order valence-electron chi connectivity index (χ0n) is 10.3. The predicted octanol–water partition coefficient (Wildman–Crippen LogP) is 2.53. The Balaban J connectivity index is 2.75. The van der Waals surface area contributed by atoms with Crippen LogP contribution in [-0.4, -0.2) is 17.5 Å². The standard InChI is InChI=1S/C13H18FN3/c1-10(2)17(5-3-4-15)9-11-6-12(14)8-13(16)7-11/h6-8,10H,3,5,9,16H2,1-2H3. The van der Waals surface area contributed by atoms with E-state index in [1.807, 2.05) is 0 Å². The van der Waals surface area contributed by atoms with E-state index < -0.39 is 0 Å². The SMILES string of the molecule is CC(C)N(CCC#N)Cc1cc(N)cc(F)c1. The van der Waals surface area contributed by atoms with E-state index in [1.54, 1.807) is 6.07 Å². The molecule has 0 aliphatic heterocycles. The highest BCUT2D eigenvalue weighted by atomic mass is 19.1. The Hall–Kier alpha value is -1.60. The predicted molar refractivity (Wildman–Crippen MR) is 66.6 cm³/mol. The maximum absolute atomic E-state index is 13.2. The van der Waals surface area contributed by atoms with Gasteiger partial charge in [-0.25, -0.2) is 4.39 Å². The molecule has 1 aromatic rings. The zero-order chi connectivity index (χ0) is 12.8. The van der Waals surface area contributed by atoms with Crippen molar-refractivity contribution in [3.05, 3.63) is 29.6 Å². The quantitative estimate of drug-likeness (QED) is 0.798. The first-order chi connectivity index (χ1) is 8.02. The Bertz CT molecular complexity index is 389. The first-order valence-electron chi connectivity index (χ1n) is 5.69. The number of nitrogens with two attached hydrogens (primary N) is 1. The van der Waals surface area contributed by atoms with Gasteiger partial charge in [0.1, 0.15) is 5.82 Å². The first-order valence-corrected chi connectivity index (χ1v) is 5.69. The summed E-state index contributed by atoms with van der Waals surface area (Å²) in [7, 11) is 0. The molecule has 92 valence electrons. The second kappa shape index (κ2) is 6.21. The second-order valence-corrected chi connectivity index (χ2v) is 4.37. The highest BCUT2D eigenvalue weighted by Gasteiger charge is 2.10. The topological polar surface area (TPSA) is 53.0 Å². The van der Waals surface area contributed by atoms with E-state index in [0.29, 0.717) is 31.2 Å². The number of anilines is 1. The number of rotatable bonds is 5. The largest absolute Gasteiger partial charge is 0.399 e. The molecule has 0 aliphatic carbocycles. The summed E-state index contributed by atoms with van der Waals surface area (Å²) in [6, 6.07) is 6.99. The third kappa shape index (κ3) is 4.41. The molecule has 0 unspecified atom stereocenters. The van der Waals surface area contributed by atoms with E-state index in [0.717, 1.165) is 5.56 Å². The Kier molecular flexibility index (Phi) is 4.92. The average molecular weight is 235 g/mol. The molecule has 0 aliphatic rings. The van der Waals surface area contributed by atoms with Gasteiger partial charge in [0.25, 0.3) is 0 Å². The minimum absolute atomic E-state index is 0.313. The molecule has 17 heavy (non-hydrogen) atoms. The monoisotopic (exact) mass is 235 g/mol. The molecule has 1 rings (SSSR count). The van der Waals surface area contributed by atoms with Crippen LogP contribution in [0.15, 0.2) is 18.2 Å². The lowest BCUT2D eigenvalue weighted by Gasteiger charge is -2.25. The van der Waals surface area contributed by atoms with Crippen molar-refractivity contribution >= 4 is 5.69 Å². The maximum Gasteiger partial charge on any atom is 0.125 e. The molecule has 4 heteroatoms. The highest BCUT2D eigenvalue weighted by Crippen LogP contribution is 2.14. The van der Waals surface area contributed by atoms with E-state index in [9.17, 15) is 4.39 Å². The van der Waals surface area contributed by atoms with Crippen LogP contribution in [-0.2, 0) is 6.54 Å². The van der Waals surface area contributed by atoms with Crippen LogP contribution in [0.3, 0.4) is 0 Å². The molecule has 0 saturated heterocycles. The Morgan fingerprint density at radius 3 is 2.65 bits per heavy atom. The van der Waals surface area contributed by atoms with Crippen molar-refractivity contribution in [3.63, 3.8) is 0 Å². The van der Waals surface area contributed by atoms with E-state index in [1.165, 1.54) is 12.1 Å². The van der Waals surface area contributed by atoms with E-state index in [2.05, 4.69) is 24.8 Å².